The second-order valence-corrected chi connectivity index (χ2v) is 7.72. The van der Waals surface area contributed by atoms with Crippen LogP contribution in [0.25, 0.3) is 11.1 Å². The highest BCUT2D eigenvalue weighted by Crippen LogP contribution is 2.30. The summed E-state index contributed by atoms with van der Waals surface area (Å²) in [4.78, 5) is 14.3. The molecule has 0 aliphatic carbocycles. The van der Waals surface area contributed by atoms with Crippen LogP contribution in [0, 0.1) is 0 Å². The Morgan fingerprint density at radius 3 is 2.61 bits per heavy atom. The second kappa shape index (κ2) is 9.60. The zero-order chi connectivity index (χ0) is 19.9. The third kappa shape index (κ3) is 5.49. The lowest BCUT2D eigenvalue weighted by molar-refractivity contribution is 0.186. The van der Waals surface area contributed by atoms with E-state index in [1.54, 1.807) is 7.11 Å². The molecule has 2 N–H and O–H groups in total. The van der Waals surface area contributed by atoms with Gasteiger partial charge in [-0.25, -0.2) is 4.79 Å². The van der Waals surface area contributed by atoms with Crippen LogP contribution in [0.5, 0.6) is 5.75 Å². The molecule has 1 aliphatic rings. The number of carbonyl (C=O) groups is 1. The minimum atomic E-state index is -0.0574. The van der Waals surface area contributed by atoms with E-state index in [-0.39, 0.29) is 18.1 Å². The van der Waals surface area contributed by atoms with Crippen LogP contribution in [0.15, 0.2) is 48.5 Å². The zero-order valence-electron chi connectivity index (χ0n) is 17.1. The van der Waals surface area contributed by atoms with Crippen molar-refractivity contribution in [3.05, 3.63) is 54.1 Å². The van der Waals surface area contributed by atoms with E-state index in [4.69, 9.17) is 4.74 Å². The highest BCUT2D eigenvalue weighted by molar-refractivity contribution is 5.74. The molecule has 1 heterocycles. The number of nitrogens with one attached hydrogen (secondary N) is 2. The number of amides is 2. The zero-order valence-corrected chi connectivity index (χ0v) is 17.1. The summed E-state index contributed by atoms with van der Waals surface area (Å²) >= 11 is 0. The van der Waals surface area contributed by atoms with Gasteiger partial charge in [0.25, 0.3) is 0 Å². The van der Waals surface area contributed by atoms with Gasteiger partial charge in [0.1, 0.15) is 5.75 Å². The van der Waals surface area contributed by atoms with Crippen LogP contribution >= 0.6 is 0 Å². The van der Waals surface area contributed by atoms with E-state index in [2.05, 4.69) is 45.9 Å². The summed E-state index contributed by atoms with van der Waals surface area (Å²) in [7, 11) is 1.71. The van der Waals surface area contributed by atoms with Gasteiger partial charge in [-0.15, -0.1) is 0 Å². The highest BCUT2D eigenvalue weighted by atomic mass is 16.5. The average molecular weight is 382 g/mol. The Labute approximate surface area is 168 Å². The highest BCUT2D eigenvalue weighted by Gasteiger charge is 2.21. The average Bonchev–Trinajstić information content (AvgIpc) is 2.69. The predicted molar refractivity (Wildman–Crippen MR) is 114 cm³/mol. The Kier molecular flexibility index (Phi) is 6.93. The van der Waals surface area contributed by atoms with Crippen LogP contribution in [0.2, 0.25) is 0 Å². The largest absolute Gasteiger partial charge is 0.496 e. The Bertz CT molecular complexity index is 783. The van der Waals surface area contributed by atoms with E-state index in [0.29, 0.717) is 0 Å². The Morgan fingerprint density at radius 1 is 1.14 bits per heavy atom. The minimum absolute atomic E-state index is 0.0574. The molecule has 0 bridgehead atoms. The first-order valence-electron chi connectivity index (χ1n) is 10.1. The molecule has 1 saturated heterocycles. The van der Waals surface area contributed by atoms with Crippen LogP contribution < -0.4 is 15.4 Å². The maximum atomic E-state index is 11.9. The summed E-state index contributed by atoms with van der Waals surface area (Å²) in [5, 5.41) is 5.99. The molecule has 0 unspecified atom stereocenters. The Balaban J connectivity index is 1.56. The molecule has 0 saturated carbocycles. The van der Waals surface area contributed by atoms with Gasteiger partial charge in [0.2, 0.25) is 0 Å². The number of likely N-dealkylation sites (tertiary alicyclic amines) is 1. The molecule has 0 atom stereocenters. The van der Waals surface area contributed by atoms with E-state index >= 15 is 0 Å². The van der Waals surface area contributed by atoms with Gasteiger partial charge >= 0.3 is 6.03 Å². The van der Waals surface area contributed by atoms with Crippen molar-refractivity contribution in [3.63, 3.8) is 0 Å². The van der Waals surface area contributed by atoms with Gasteiger partial charge < -0.3 is 15.4 Å². The van der Waals surface area contributed by atoms with Crippen molar-refractivity contribution < 1.29 is 9.53 Å². The summed E-state index contributed by atoms with van der Waals surface area (Å²) in [6.07, 6.45) is 1.97. The molecule has 3 rings (SSSR count). The fourth-order valence-corrected chi connectivity index (χ4v) is 3.70. The summed E-state index contributed by atoms with van der Waals surface area (Å²) in [6, 6.07) is 17.2. The van der Waals surface area contributed by atoms with Crippen molar-refractivity contribution in [1.29, 1.82) is 0 Å². The summed E-state index contributed by atoms with van der Waals surface area (Å²) in [5.41, 5.74) is 3.59. The number of carbonyl (C=O) groups excluding carboxylic acids is 1. The molecule has 0 aromatic heterocycles. The second-order valence-electron chi connectivity index (χ2n) is 7.72. The number of hydrogen-bond donors (Lipinski definition) is 2. The molecular formula is C23H31N3O2. The molecule has 0 radical (unpaired) electrons. The number of benzene rings is 2. The van der Waals surface area contributed by atoms with Crippen molar-refractivity contribution in [3.8, 4) is 16.9 Å². The van der Waals surface area contributed by atoms with Crippen molar-refractivity contribution in [2.24, 2.45) is 0 Å². The van der Waals surface area contributed by atoms with Crippen molar-refractivity contribution >= 4 is 6.03 Å². The van der Waals surface area contributed by atoms with Gasteiger partial charge in [-0.2, -0.15) is 0 Å². The molecule has 2 aromatic carbocycles. The smallest absolute Gasteiger partial charge is 0.315 e. The number of piperidine rings is 1. The van der Waals surface area contributed by atoms with E-state index in [9.17, 15) is 4.79 Å². The van der Waals surface area contributed by atoms with Crippen molar-refractivity contribution in [2.75, 3.05) is 20.2 Å². The normalized spacial score (nSPS) is 15.4. The van der Waals surface area contributed by atoms with Crippen LogP contribution in [0.1, 0.15) is 32.3 Å². The number of hydrogen-bond acceptors (Lipinski definition) is 3. The van der Waals surface area contributed by atoms with E-state index in [1.807, 2.05) is 32.0 Å². The molecule has 2 amide bonds. The molecule has 1 aliphatic heterocycles. The van der Waals surface area contributed by atoms with E-state index < -0.39 is 0 Å². The minimum Gasteiger partial charge on any atom is -0.496 e. The maximum absolute atomic E-state index is 11.9. The summed E-state index contributed by atoms with van der Waals surface area (Å²) in [5.74, 6) is 0.895. The number of urea groups is 1. The lowest BCUT2D eigenvalue weighted by Gasteiger charge is -2.32. The van der Waals surface area contributed by atoms with Crippen LogP contribution in [-0.4, -0.2) is 43.2 Å². The monoisotopic (exact) mass is 381 g/mol. The standard InChI is InChI=1S/C23H31N3O2/c1-17(2)24-23(27)25-20-11-13-26(14-12-20)16-18-7-6-8-19(15-18)21-9-4-5-10-22(21)28-3/h4-10,15,17,20H,11-14,16H2,1-3H3,(H2,24,25,27). The number of methoxy groups -OCH3 is 1. The number of rotatable bonds is 6. The molecule has 0 spiro atoms. The lowest BCUT2D eigenvalue weighted by atomic mass is 10.0. The predicted octanol–water partition coefficient (Wildman–Crippen LogP) is 4.03. The number of nitrogens with zero attached hydrogens (tertiary/aromatic N) is 1. The van der Waals surface area contributed by atoms with Gasteiger partial charge in [-0.3, -0.25) is 4.90 Å². The Morgan fingerprint density at radius 2 is 1.89 bits per heavy atom. The van der Waals surface area contributed by atoms with Crippen molar-refractivity contribution in [2.45, 2.75) is 45.3 Å². The first-order chi connectivity index (χ1) is 13.5. The molecular weight excluding hydrogens is 350 g/mol. The van der Waals surface area contributed by atoms with Crippen LogP contribution in [0.3, 0.4) is 0 Å². The molecule has 2 aromatic rings. The third-order valence-corrected chi connectivity index (χ3v) is 5.09. The number of ether oxygens (including phenoxy) is 1. The van der Waals surface area contributed by atoms with Gasteiger partial charge in [-0.05, 0) is 49.9 Å². The first kappa shape index (κ1) is 20.2. The molecule has 5 nitrogen and oxygen atoms in total. The molecule has 150 valence electrons. The van der Waals surface area contributed by atoms with Crippen molar-refractivity contribution in [1.82, 2.24) is 15.5 Å². The fourth-order valence-electron chi connectivity index (χ4n) is 3.70. The summed E-state index contributed by atoms with van der Waals surface area (Å²) < 4.78 is 5.51. The van der Waals surface area contributed by atoms with E-state index in [1.165, 1.54) is 11.1 Å². The van der Waals surface area contributed by atoms with Gasteiger partial charge in [0, 0.05) is 37.3 Å². The van der Waals surface area contributed by atoms with Gasteiger partial charge in [0.05, 0.1) is 7.11 Å². The van der Waals surface area contributed by atoms with Crippen LogP contribution in [0.4, 0.5) is 4.79 Å². The quantitative estimate of drug-likeness (QED) is 0.794. The SMILES string of the molecule is COc1ccccc1-c1cccc(CN2CCC(NC(=O)NC(C)C)CC2)c1. The summed E-state index contributed by atoms with van der Waals surface area (Å²) in [6.45, 7) is 6.85. The van der Waals surface area contributed by atoms with Crippen LogP contribution in [-0.2, 0) is 6.54 Å². The molecule has 5 heteroatoms. The first-order valence-corrected chi connectivity index (χ1v) is 10.1. The molecule has 1 fully saturated rings. The fraction of sp³-hybridized carbons (Fsp3) is 0.435. The topological polar surface area (TPSA) is 53.6 Å². The lowest BCUT2D eigenvalue weighted by Crippen LogP contribution is -2.49. The van der Waals surface area contributed by atoms with E-state index in [0.717, 1.165) is 43.8 Å². The Hall–Kier alpha value is -2.53. The van der Waals surface area contributed by atoms with Gasteiger partial charge in [0.15, 0.2) is 0 Å². The third-order valence-electron chi connectivity index (χ3n) is 5.09. The maximum Gasteiger partial charge on any atom is 0.315 e. The van der Waals surface area contributed by atoms with Gasteiger partial charge in [-0.1, -0.05) is 36.4 Å². The molecule has 28 heavy (non-hydrogen) atoms. The number of para-hydroxylation sites is 1.